The lowest BCUT2D eigenvalue weighted by Crippen LogP contribution is -2.47. The van der Waals surface area contributed by atoms with E-state index in [2.05, 4.69) is 38.8 Å². The molecule has 0 saturated carbocycles. The van der Waals surface area contributed by atoms with Gasteiger partial charge in [0.25, 0.3) is 0 Å². The van der Waals surface area contributed by atoms with Crippen molar-refractivity contribution in [1.82, 2.24) is 14.9 Å². The molecular weight excluding hydrogens is 332 g/mol. The molecular formula is C19H24N4O3. The Balaban J connectivity index is 1.38. The number of benzene rings is 1. The van der Waals surface area contributed by atoms with Crippen molar-refractivity contribution in [2.75, 3.05) is 37.9 Å². The lowest BCUT2D eigenvalue weighted by atomic mass is 10.1. The number of piperazine rings is 1. The molecule has 0 bridgehead atoms. The van der Waals surface area contributed by atoms with Gasteiger partial charge < -0.3 is 19.5 Å². The Morgan fingerprint density at radius 2 is 1.65 bits per heavy atom. The van der Waals surface area contributed by atoms with Gasteiger partial charge in [0.15, 0.2) is 11.5 Å². The molecule has 1 saturated heterocycles. The average Bonchev–Trinajstić information content (AvgIpc) is 3.15. The fourth-order valence-corrected chi connectivity index (χ4v) is 3.40. The van der Waals surface area contributed by atoms with Crippen LogP contribution in [0.4, 0.5) is 5.95 Å². The zero-order chi connectivity index (χ0) is 18.1. The summed E-state index contributed by atoms with van der Waals surface area (Å²) in [6.07, 6.45) is 2.87. The molecule has 7 heteroatoms. The molecule has 1 aromatic heterocycles. The Labute approximate surface area is 153 Å². The van der Waals surface area contributed by atoms with Gasteiger partial charge in [0.2, 0.25) is 12.7 Å². The fourth-order valence-electron chi connectivity index (χ4n) is 3.40. The Kier molecular flexibility index (Phi) is 4.65. The van der Waals surface area contributed by atoms with E-state index in [0.29, 0.717) is 12.8 Å². The van der Waals surface area contributed by atoms with Crippen LogP contribution in [0.25, 0.3) is 0 Å². The fraction of sp³-hybridized carbons (Fsp3) is 0.474. The van der Waals surface area contributed by atoms with Crippen LogP contribution in [0.5, 0.6) is 11.5 Å². The Morgan fingerprint density at radius 3 is 2.35 bits per heavy atom. The van der Waals surface area contributed by atoms with E-state index in [1.54, 1.807) is 19.3 Å². The summed E-state index contributed by atoms with van der Waals surface area (Å²) in [4.78, 5) is 13.4. The third-order valence-corrected chi connectivity index (χ3v) is 5.16. The molecule has 0 unspecified atom stereocenters. The average molecular weight is 356 g/mol. The number of hydrogen-bond donors (Lipinski definition) is 1. The molecule has 2 aromatic rings. The highest BCUT2D eigenvalue weighted by Crippen LogP contribution is 2.35. The number of aliphatic hydroxyl groups excluding tert-OH is 1. The maximum Gasteiger partial charge on any atom is 0.231 e. The highest BCUT2D eigenvalue weighted by molar-refractivity contribution is 5.45. The van der Waals surface area contributed by atoms with Crippen molar-refractivity contribution >= 4 is 5.95 Å². The molecule has 0 radical (unpaired) electrons. The Hall–Kier alpha value is -2.38. The smallest absolute Gasteiger partial charge is 0.231 e. The van der Waals surface area contributed by atoms with Crippen molar-refractivity contribution in [2.24, 2.45) is 0 Å². The van der Waals surface area contributed by atoms with Crippen LogP contribution in [-0.2, 0) is 0 Å². The van der Waals surface area contributed by atoms with Gasteiger partial charge in [-0.2, -0.15) is 0 Å². The normalized spacial score (nSPS) is 19.4. The van der Waals surface area contributed by atoms with Crippen molar-refractivity contribution in [3.8, 4) is 11.5 Å². The van der Waals surface area contributed by atoms with Crippen molar-refractivity contribution < 1.29 is 14.6 Å². The number of rotatable bonds is 4. The number of anilines is 1. The van der Waals surface area contributed by atoms with Crippen LogP contribution >= 0.6 is 0 Å². The summed E-state index contributed by atoms with van der Waals surface area (Å²) in [6, 6.07) is 6.49. The van der Waals surface area contributed by atoms with Crippen LogP contribution in [-0.4, -0.2) is 52.9 Å². The molecule has 2 aliphatic rings. The first-order valence-corrected chi connectivity index (χ1v) is 9.00. The van der Waals surface area contributed by atoms with E-state index < -0.39 is 6.10 Å². The van der Waals surface area contributed by atoms with E-state index >= 15 is 0 Å². The lowest BCUT2D eigenvalue weighted by molar-refractivity contribution is 0.173. The first-order valence-electron chi connectivity index (χ1n) is 9.00. The molecule has 26 heavy (non-hydrogen) atoms. The van der Waals surface area contributed by atoms with Crippen molar-refractivity contribution in [1.29, 1.82) is 0 Å². The third kappa shape index (κ3) is 3.32. The number of fused-ring (bicyclic) bond motifs is 1. The predicted octanol–water partition coefficient (Wildman–Crippen LogP) is 2.14. The predicted molar refractivity (Wildman–Crippen MR) is 97.4 cm³/mol. The van der Waals surface area contributed by atoms with Gasteiger partial charge in [-0.05, 0) is 31.5 Å². The highest BCUT2D eigenvalue weighted by Gasteiger charge is 2.25. The van der Waals surface area contributed by atoms with Gasteiger partial charge in [0.1, 0.15) is 0 Å². The standard InChI is InChI=1S/C19H24N4O3/c1-13(15-3-4-17-18(9-15)26-12-25-17)22-5-7-23(8-6-22)19-20-10-16(11-21-19)14(2)24/h3-4,9-11,13-14,24H,5-8,12H2,1-2H3/t13-,14+/m0/s1. The zero-order valence-electron chi connectivity index (χ0n) is 15.1. The Bertz CT molecular complexity index is 758. The maximum atomic E-state index is 9.57. The first-order chi connectivity index (χ1) is 12.6. The van der Waals surface area contributed by atoms with Crippen molar-refractivity contribution in [3.05, 3.63) is 41.7 Å². The van der Waals surface area contributed by atoms with Crippen LogP contribution in [0.1, 0.15) is 37.1 Å². The van der Waals surface area contributed by atoms with Gasteiger partial charge in [-0.3, -0.25) is 4.90 Å². The molecule has 0 spiro atoms. The number of nitrogens with zero attached hydrogens (tertiary/aromatic N) is 4. The van der Waals surface area contributed by atoms with Gasteiger partial charge in [-0.25, -0.2) is 9.97 Å². The summed E-state index contributed by atoms with van der Waals surface area (Å²) in [5.74, 6) is 2.38. The van der Waals surface area contributed by atoms with Crippen LogP contribution in [0, 0.1) is 0 Å². The molecule has 3 heterocycles. The second-order valence-electron chi connectivity index (χ2n) is 6.80. The maximum absolute atomic E-state index is 9.57. The molecule has 1 fully saturated rings. The third-order valence-electron chi connectivity index (χ3n) is 5.16. The Morgan fingerprint density at radius 1 is 0.962 bits per heavy atom. The molecule has 2 aliphatic heterocycles. The molecule has 2 atom stereocenters. The molecule has 0 aliphatic carbocycles. The molecule has 4 rings (SSSR count). The first kappa shape index (κ1) is 17.1. The van der Waals surface area contributed by atoms with Gasteiger partial charge in [-0.1, -0.05) is 6.07 Å². The number of aliphatic hydroxyl groups is 1. The van der Waals surface area contributed by atoms with Gasteiger partial charge in [-0.15, -0.1) is 0 Å². The SMILES string of the molecule is C[C@@H](O)c1cnc(N2CCN([C@@H](C)c3ccc4c(c3)OCO4)CC2)nc1. The largest absolute Gasteiger partial charge is 0.454 e. The van der Waals surface area contributed by atoms with E-state index in [1.165, 1.54) is 5.56 Å². The summed E-state index contributed by atoms with van der Waals surface area (Å²) in [6.45, 7) is 7.88. The van der Waals surface area contributed by atoms with E-state index in [1.807, 2.05) is 6.07 Å². The molecule has 1 aromatic carbocycles. The van der Waals surface area contributed by atoms with Crippen LogP contribution in [0.15, 0.2) is 30.6 Å². The summed E-state index contributed by atoms with van der Waals surface area (Å²) in [5, 5.41) is 9.57. The highest BCUT2D eigenvalue weighted by atomic mass is 16.7. The summed E-state index contributed by atoms with van der Waals surface area (Å²) in [5.41, 5.74) is 1.98. The van der Waals surface area contributed by atoms with E-state index in [4.69, 9.17) is 9.47 Å². The molecule has 7 nitrogen and oxygen atoms in total. The van der Waals surface area contributed by atoms with Gasteiger partial charge in [0, 0.05) is 50.2 Å². The second-order valence-corrected chi connectivity index (χ2v) is 6.80. The summed E-state index contributed by atoms with van der Waals surface area (Å²) < 4.78 is 10.9. The number of ether oxygens (including phenoxy) is 2. The molecule has 138 valence electrons. The lowest BCUT2D eigenvalue weighted by Gasteiger charge is -2.38. The molecule has 0 amide bonds. The summed E-state index contributed by atoms with van der Waals surface area (Å²) >= 11 is 0. The topological polar surface area (TPSA) is 71.0 Å². The van der Waals surface area contributed by atoms with Crippen LogP contribution < -0.4 is 14.4 Å². The number of aromatic nitrogens is 2. The molecule has 1 N–H and O–H groups in total. The van der Waals surface area contributed by atoms with E-state index in [-0.39, 0.29) is 0 Å². The second kappa shape index (κ2) is 7.09. The summed E-state index contributed by atoms with van der Waals surface area (Å²) in [7, 11) is 0. The van der Waals surface area contributed by atoms with Gasteiger partial charge in [0.05, 0.1) is 6.10 Å². The van der Waals surface area contributed by atoms with Gasteiger partial charge >= 0.3 is 0 Å². The monoisotopic (exact) mass is 356 g/mol. The minimum atomic E-state index is -0.538. The zero-order valence-corrected chi connectivity index (χ0v) is 15.1. The van der Waals surface area contributed by atoms with Crippen LogP contribution in [0.2, 0.25) is 0 Å². The quantitative estimate of drug-likeness (QED) is 0.900. The van der Waals surface area contributed by atoms with Crippen molar-refractivity contribution in [2.45, 2.75) is 26.0 Å². The van der Waals surface area contributed by atoms with Crippen LogP contribution in [0.3, 0.4) is 0 Å². The van der Waals surface area contributed by atoms with E-state index in [0.717, 1.165) is 49.2 Å². The minimum absolute atomic E-state index is 0.305. The minimum Gasteiger partial charge on any atom is -0.454 e. The number of hydrogen-bond acceptors (Lipinski definition) is 7. The van der Waals surface area contributed by atoms with E-state index in [9.17, 15) is 5.11 Å². The van der Waals surface area contributed by atoms with Crippen molar-refractivity contribution in [3.63, 3.8) is 0 Å².